The van der Waals surface area contributed by atoms with Gasteiger partial charge < -0.3 is 9.72 Å². The third-order valence-corrected chi connectivity index (χ3v) is 7.22. The number of rotatable bonds is 5. The molecule has 1 unspecified atom stereocenters. The van der Waals surface area contributed by atoms with E-state index >= 15 is 0 Å². The van der Waals surface area contributed by atoms with Gasteiger partial charge in [-0.05, 0) is 72.7 Å². The first-order chi connectivity index (χ1) is 17.3. The summed E-state index contributed by atoms with van der Waals surface area (Å²) >= 11 is 1.48. The van der Waals surface area contributed by atoms with Crippen LogP contribution in [-0.2, 0) is 12.8 Å². The zero-order valence-corrected chi connectivity index (χ0v) is 19.9. The molecule has 0 fully saturated rings. The SMILES string of the molecule is CC1CCc2c(sc3nc(/C(C#N)=C/c4ccc(Oc5ccc(F)cc5)c([N+](=O)[O-])c4)[nH]c(=O)c23)C1. The summed E-state index contributed by atoms with van der Waals surface area (Å²) in [6.07, 6.45) is 4.18. The summed E-state index contributed by atoms with van der Waals surface area (Å²) in [5.74, 6) is 0.404. The average Bonchev–Trinajstić information content (AvgIpc) is 3.22. The largest absolute Gasteiger partial charge is 0.450 e. The number of allylic oxidation sites excluding steroid dienone is 1. The van der Waals surface area contributed by atoms with Gasteiger partial charge in [0, 0.05) is 10.9 Å². The van der Waals surface area contributed by atoms with Crippen LogP contribution < -0.4 is 10.3 Å². The number of aromatic nitrogens is 2. The van der Waals surface area contributed by atoms with Crippen LogP contribution in [0.1, 0.15) is 35.2 Å². The number of nitrogens with zero attached hydrogens (tertiary/aromatic N) is 3. The maximum absolute atomic E-state index is 13.1. The first kappa shape index (κ1) is 23.4. The molecule has 1 aliphatic rings. The molecule has 2 aromatic carbocycles. The molecule has 0 saturated carbocycles. The Labute approximate surface area is 208 Å². The lowest BCUT2D eigenvalue weighted by atomic mass is 9.89. The molecule has 10 heteroatoms. The fraction of sp³-hybridized carbons (Fsp3) is 0.192. The number of nitro groups is 1. The molecule has 180 valence electrons. The van der Waals surface area contributed by atoms with Crippen molar-refractivity contribution in [1.29, 1.82) is 5.26 Å². The van der Waals surface area contributed by atoms with E-state index in [4.69, 9.17) is 4.74 Å². The number of hydrogen-bond donors (Lipinski definition) is 1. The van der Waals surface area contributed by atoms with Crippen molar-refractivity contribution >= 4 is 38.9 Å². The molecule has 5 rings (SSSR count). The number of benzene rings is 2. The molecule has 0 saturated heterocycles. The Morgan fingerprint density at radius 3 is 2.83 bits per heavy atom. The van der Waals surface area contributed by atoms with Crippen molar-refractivity contribution < 1.29 is 14.1 Å². The molecule has 1 N–H and O–H groups in total. The number of nitrogens with one attached hydrogen (secondary N) is 1. The Morgan fingerprint density at radius 1 is 1.33 bits per heavy atom. The molecule has 0 radical (unpaired) electrons. The van der Waals surface area contributed by atoms with Crippen LogP contribution in [0.25, 0.3) is 21.9 Å². The molecule has 36 heavy (non-hydrogen) atoms. The van der Waals surface area contributed by atoms with Gasteiger partial charge in [0.15, 0.2) is 5.82 Å². The molecule has 2 aromatic heterocycles. The first-order valence-corrected chi connectivity index (χ1v) is 12.0. The van der Waals surface area contributed by atoms with Crippen LogP contribution in [-0.4, -0.2) is 14.9 Å². The number of H-pyrrole nitrogens is 1. The van der Waals surface area contributed by atoms with E-state index in [1.807, 2.05) is 6.07 Å². The highest BCUT2D eigenvalue weighted by Crippen LogP contribution is 2.36. The molecule has 1 aliphatic carbocycles. The Morgan fingerprint density at radius 2 is 2.11 bits per heavy atom. The highest BCUT2D eigenvalue weighted by Gasteiger charge is 2.24. The summed E-state index contributed by atoms with van der Waals surface area (Å²) in [6, 6.07) is 11.3. The summed E-state index contributed by atoms with van der Waals surface area (Å²) in [7, 11) is 0. The van der Waals surface area contributed by atoms with Crippen LogP contribution in [0.2, 0.25) is 0 Å². The number of aromatic amines is 1. The fourth-order valence-corrected chi connectivity index (χ4v) is 5.66. The fourth-order valence-electron chi connectivity index (χ4n) is 4.28. The molecular weight excluding hydrogens is 483 g/mol. The van der Waals surface area contributed by atoms with Crippen LogP contribution >= 0.6 is 11.3 Å². The number of aryl methyl sites for hydroxylation is 1. The van der Waals surface area contributed by atoms with E-state index in [-0.39, 0.29) is 34.1 Å². The van der Waals surface area contributed by atoms with Crippen molar-refractivity contribution in [3.05, 3.63) is 90.6 Å². The van der Waals surface area contributed by atoms with Crippen LogP contribution in [0.15, 0.2) is 47.3 Å². The summed E-state index contributed by atoms with van der Waals surface area (Å²) in [6.45, 7) is 2.18. The third kappa shape index (κ3) is 4.48. The van der Waals surface area contributed by atoms with Crippen molar-refractivity contribution in [2.75, 3.05) is 0 Å². The lowest BCUT2D eigenvalue weighted by molar-refractivity contribution is -0.385. The van der Waals surface area contributed by atoms with Crippen LogP contribution in [0.4, 0.5) is 10.1 Å². The van der Waals surface area contributed by atoms with Gasteiger partial charge in [-0.3, -0.25) is 14.9 Å². The maximum Gasteiger partial charge on any atom is 0.312 e. The standard InChI is InChI=1S/C26H19FN4O4S/c1-14-2-8-19-22(10-14)36-26-23(19)25(32)29-24(30-26)16(13-28)11-15-3-9-21(20(12-15)31(33)34)35-18-6-4-17(27)5-7-18/h3-7,9,11-12,14H,2,8,10H2,1H3,(H,29,30,32)/b16-11+. The topological polar surface area (TPSA) is 122 Å². The van der Waals surface area contributed by atoms with Gasteiger partial charge >= 0.3 is 5.69 Å². The molecule has 2 heterocycles. The number of thiophene rings is 1. The number of nitro benzene ring substituents is 1. The molecule has 4 aromatic rings. The minimum absolute atomic E-state index is 0.0337. The number of halogens is 1. The van der Waals surface area contributed by atoms with Gasteiger partial charge in [-0.15, -0.1) is 11.3 Å². The van der Waals surface area contributed by atoms with Crippen LogP contribution in [0, 0.1) is 33.2 Å². The highest BCUT2D eigenvalue weighted by molar-refractivity contribution is 7.18. The van der Waals surface area contributed by atoms with E-state index in [9.17, 15) is 24.6 Å². The predicted molar refractivity (Wildman–Crippen MR) is 134 cm³/mol. The second-order valence-corrected chi connectivity index (χ2v) is 9.74. The van der Waals surface area contributed by atoms with Gasteiger partial charge in [0.05, 0.1) is 15.9 Å². The Kier molecular flexibility index (Phi) is 6.08. The lowest BCUT2D eigenvalue weighted by Crippen LogP contribution is -2.14. The maximum atomic E-state index is 13.1. The summed E-state index contributed by atoms with van der Waals surface area (Å²) in [5, 5.41) is 22.0. The van der Waals surface area contributed by atoms with E-state index in [1.165, 1.54) is 53.8 Å². The van der Waals surface area contributed by atoms with Gasteiger partial charge in [0.2, 0.25) is 5.75 Å². The second kappa shape index (κ2) is 9.36. The van der Waals surface area contributed by atoms with E-state index in [1.54, 1.807) is 6.07 Å². The molecule has 0 amide bonds. The van der Waals surface area contributed by atoms with Gasteiger partial charge in [0.25, 0.3) is 5.56 Å². The Balaban J connectivity index is 1.52. The molecule has 0 aliphatic heterocycles. The Bertz CT molecular complexity index is 1630. The van der Waals surface area contributed by atoms with E-state index < -0.39 is 10.7 Å². The molecule has 8 nitrogen and oxygen atoms in total. The van der Waals surface area contributed by atoms with E-state index in [2.05, 4.69) is 16.9 Å². The second-order valence-electron chi connectivity index (χ2n) is 8.66. The van der Waals surface area contributed by atoms with Gasteiger partial charge in [0.1, 0.15) is 22.5 Å². The summed E-state index contributed by atoms with van der Waals surface area (Å²) < 4.78 is 18.7. The molecule has 1 atom stereocenters. The summed E-state index contributed by atoms with van der Waals surface area (Å²) in [5.41, 5.74) is 0.838. The van der Waals surface area contributed by atoms with Gasteiger partial charge in [-0.2, -0.15) is 5.26 Å². The first-order valence-electron chi connectivity index (χ1n) is 11.2. The smallest absolute Gasteiger partial charge is 0.312 e. The van der Waals surface area contributed by atoms with Gasteiger partial charge in [-0.25, -0.2) is 9.37 Å². The number of nitriles is 1. The summed E-state index contributed by atoms with van der Waals surface area (Å²) in [4.78, 5) is 33.0. The monoisotopic (exact) mass is 502 g/mol. The van der Waals surface area contributed by atoms with E-state index in [0.29, 0.717) is 21.7 Å². The van der Waals surface area contributed by atoms with Crippen molar-refractivity contribution in [2.45, 2.75) is 26.2 Å². The zero-order valence-electron chi connectivity index (χ0n) is 19.1. The minimum Gasteiger partial charge on any atom is -0.450 e. The van der Waals surface area contributed by atoms with Crippen LogP contribution in [0.3, 0.4) is 0 Å². The molecule has 0 bridgehead atoms. The number of ether oxygens (including phenoxy) is 1. The quantitative estimate of drug-likeness (QED) is 0.202. The average molecular weight is 503 g/mol. The predicted octanol–water partition coefficient (Wildman–Crippen LogP) is 6.01. The lowest BCUT2D eigenvalue weighted by Gasteiger charge is -2.17. The minimum atomic E-state index is -0.606. The van der Waals surface area contributed by atoms with Crippen molar-refractivity contribution in [2.24, 2.45) is 5.92 Å². The van der Waals surface area contributed by atoms with Crippen molar-refractivity contribution in [1.82, 2.24) is 9.97 Å². The van der Waals surface area contributed by atoms with E-state index in [0.717, 1.165) is 29.7 Å². The molecule has 0 spiro atoms. The normalized spacial score (nSPS) is 15.4. The Hall–Kier alpha value is -4.36. The number of fused-ring (bicyclic) bond motifs is 3. The van der Waals surface area contributed by atoms with Gasteiger partial charge in [-0.1, -0.05) is 13.0 Å². The van der Waals surface area contributed by atoms with Crippen LogP contribution in [0.5, 0.6) is 11.5 Å². The third-order valence-electron chi connectivity index (χ3n) is 6.07. The highest BCUT2D eigenvalue weighted by atomic mass is 32.1. The van der Waals surface area contributed by atoms with Crippen molar-refractivity contribution in [3.63, 3.8) is 0 Å². The van der Waals surface area contributed by atoms with Crippen molar-refractivity contribution in [3.8, 4) is 17.6 Å². The zero-order chi connectivity index (χ0) is 25.4. The molecular formula is C26H19FN4O4S. The number of hydrogen-bond acceptors (Lipinski definition) is 7.